The van der Waals surface area contributed by atoms with Crippen molar-refractivity contribution >= 4 is 17.6 Å². The monoisotopic (exact) mass is 568 g/mol. The Morgan fingerprint density at radius 2 is 2.06 bits per heavy atom. The van der Waals surface area contributed by atoms with E-state index in [0.717, 1.165) is 50.5 Å². The molecule has 0 saturated heterocycles. The van der Waals surface area contributed by atoms with Gasteiger partial charge in [0, 0.05) is 50.4 Å². The number of hydrogen-bond acceptors (Lipinski definition) is 5. The number of aliphatic hydroxyl groups excluding tert-OH is 2. The third kappa shape index (κ3) is 11.1. The molecule has 5 atom stereocenters. The SMILES string of the molecule is [CH2-]COC(=O)CCC/C=C\C[C@@H]1[C@@H](COc2cccc(C(O)CCCCC)c2)[C@H](O)C[C@H]1Cl.[Y]. The van der Waals surface area contributed by atoms with E-state index in [4.69, 9.17) is 21.1 Å². The summed E-state index contributed by atoms with van der Waals surface area (Å²) >= 11 is 6.54. The second-order valence-electron chi connectivity index (χ2n) is 8.86. The van der Waals surface area contributed by atoms with Crippen LogP contribution in [0.25, 0.3) is 0 Å². The maximum Gasteiger partial charge on any atom is 0.303 e. The van der Waals surface area contributed by atoms with E-state index in [1.807, 2.05) is 24.3 Å². The van der Waals surface area contributed by atoms with Gasteiger partial charge in [-0.25, -0.2) is 0 Å². The molecule has 34 heavy (non-hydrogen) atoms. The zero-order chi connectivity index (χ0) is 24.1. The van der Waals surface area contributed by atoms with Crippen LogP contribution in [0.1, 0.15) is 76.4 Å². The molecule has 1 aromatic rings. The molecule has 0 heterocycles. The van der Waals surface area contributed by atoms with Gasteiger partial charge >= 0.3 is 5.97 Å². The number of hydrogen-bond donors (Lipinski definition) is 2. The molecular formula is C27H40ClO5Y-. The van der Waals surface area contributed by atoms with Crippen LogP contribution in [0.3, 0.4) is 0 Å². The number of allylic oxidation sites excluding steroid dienone is 2. The molecule has 2 rings (SSSR count). The van der Waals surface area contributed by atoms with E-state index < -0.39 is 12.2 Å². The molecule has 0 spiro atoms. The topological polar surface area (TPSA) is 76.0 Å². The molecule has 1 aliphatic carbocycles. The fraction of sp³-hybridized carbons (Fsp3) is 0.630. The summed E-state index contributed by atoms with van der Waals surface area (Å²) in [6.45, 7) is 6.20. The van der Waals surface area contributed by atoms with E-state index in [1.54, 1.807) is 0 Å². The molecule has 7 heteroatoms. The summed E-state index contributed by atoms with van der Waals surface area (Å²) in [7, 11) is 0. The zero-order valence-electron chi connectivity index (χ0n) is 20.4. The van der Waals surface area contributed by atoms with Crippen molar-refractivity contribution in [1.29, 1.82) is 0 Å². The second kappa shape index (κ2) is 17.9. The number of carbonyl (C=O) groups is 1. The fourth-order valence-electron chi connectivity index (χ4n) is 4.37. The maximum atomic E-state index is 11.4. The summed E-state index contributed by atoms with van der Waals surface area (Å²) < 4.78 is 10.9. The van der Waals surface area contributed by atoms with E-state index in [0.29, 0.717) is 25.2 Å². The number of unbranched alkanes of at least 4 members (excludes halogenated alkanes) is 3. The third-order valence-electron chi connectivity index (χ3n) is 6.33. The van der Waals surface area contributed by atoms with E-state index in [9.17, 15) is 15.0 Å². The third-order valence-corrected chi connectivity index (χ3v) is 6.83. The minimum absolute atomic E-state index is 0. The molecule has 189 valence electrons. The van der Waals surface area contributed by atoms with Crippen LogP contribution in [0, 0.1) is 18.8 Å². The number of benzene rings is 1. The molecule has 2 N–H and O–H groups in total. The summed E-state index contributed by atoms with van der Waals surface area (Å²) in [5, 5.41) is 20.9. The molecular weight excluding hydrogens is 529 g/mol. The van der Waals surface area contributed by atoms with Crippen molar-refractivity contribution in [3.05, 3.63) is 48.9 Å². The normalized spacial score (nSPS) is 23.0. The maximum absolute atomic E-state index is 11.4. The van der Waals surface area contributed by atoms with Crippen LogP contribution >= 0.6 is 11.6 Å². The van der Waals surface area contributed by atoms with Crippen molar-refractivity contribution in [2.24, 2.45) is 11.8 Å². The van der Waals surface area contributed by atoms with E-state index in [2.05, 4.69) is 26.0 Å². The molecule has 0 aromatic heterocycles. The van der Waals surface area contributed by atoms with Gasteiger partial charge in [-0.15, -0.1) is 11.6 Å². The minimum Gasteiger partial charge on any atom is -0.499 e. The molecule has 1 aliphatic rings. The van der Waals surface area contributed by atoms with Crippen LogP contribution in [-0.4, -0.2) is 40.9 Å². The van der Waals surface area contributed by atoms with Crippen molar-refractivity contribution < 1.29 is 57.2 Å². The first-order valence-electron chi connectivity index (χ1n) is 12.3. The van der Waals surface area contributed by atoms with Crippen molar-refractivity contribution in [1.82, 2.24) is 0 Å². The smallest absolute Gasteiger partial charge is 0.303 e. The fourth-order valence-corrected chi connectivity index (χ4v) is 4.84. The van der Waals surface area contributed by atoms with Gasteiger partial charge in [-0.05, 0) is 62.3 Å². The van der Waals surface area contributed by atoms with Crippen LogP contribution < -0.4 is 4.74 Å². The Labute approximate surface area is 235 Å². The minimum atomic E-state index is -0.494. The van der Waals surface area contributed by atoms with Crippen molar-refractivity contribution in [2.75, 3.05) is 13.2 Å². The molecule has 0 amide bonds. The summed E-state index contributed by atoms with van der Waals surface area (Å²) in [6, 6.07) is 7.60. The Bertz CT molecular complexity index is 729. The first-order chi connectivity index (χ1) is 16.0. The van der Waals surface area contributed by atoms with E-state index >= 15 is 0 Å². The predicted octanol–water partition coefficient (Wildman–Crippen LogP) is 5.77. The molecule has 1 unspecified atom stereocenters. The first kappa shape index (κ1) is 31.6. The number of alkyl halides is 1. The molecule has 1 fully saturated rings. The average Bonchev–Trinajstić information content (AvgIpc) is 3.07. The van der Waals surface area contributed by atoms with Gasteiger partial charge in [0.2, 0.25) is 0 Å². The Morgan fingerprint density at radius 1 is 1.26 bits per heavy atom. The molecule has 1 saturated carbocycles. The summed E-state index contributed by atoms with van der Waals surface area (Å²) in [4.78, 5) is 11.4. The van der Waals surface area contributed by atoms with E-state index in [-0.39, 0.29) is 62.5 Å². The van der Waals surface area contributed by atoms with Crippen molar-refractivity contribution in [3.63, 3.8) is 0 Å². The molecule has 5 nitrogen and oxygen atoms in total. The van der Waals surface area contributed by atoms with E-state index in [1.165, 1.54) is 0 Å². The Hall–Kier alpha value is -0.456. The van der Waals surface area contributed by atoms with Gasteiger partial charge in [0.15, 0.2) is 0 Å². The zero-order valence-corrected chi connectivity index (χ0v) is 24.0. The quantitative estimate of drug-likeness (QED) is 0.0923. The van der Waals surface area contributed by atoms with Gasteiger partial charge in [-0.1, -0.05) is 50.5 Å². The van der Waals surface area contributed by atoms with Crippen molar-refractivity contribution in [2.45, 2.75) is 82.3 Å². The summed E-state index contributed by atoms with van der Waals surface area (Å²) in [5.41, 5.74) is 0.865. The van der Waals surface area contributed by atoms with Gasteiger partial charge in [0.1, 0.15) is 5.75 Å². The number of aliphatic hydroxyl groups is 2. The Morgan fingerprint density at radius 3 is 2.79 bits per heavy atom. The number of carbonyl (C=O) groups excluding carboxylic acids is 1. The van der Waals surface area contributed by atoms with Gasteiger partial charge in [0.25, 0.3) is 0 Å². The predicted molar refractivity (Wildman–Crippen MR) is 132 cm³/mol. The van der Waals surface area contributed by atoms with Gasteiger partial charge in [0.05, 0.1) is 18.8 Å². The van der Waals surface area contributed by atoms with Gasteiger partial charge < -0.3 is 26.6 Å². The van der Waals surface area contributed by atoms with Gasteiger partial charge in [-0.3, -0.25) is 4.79 Å². The first-order valence-corrected chi connectivity index (χ1v) is 12.7. The number of ether oxygens (including phenoxy) is 2. The van der Waals surface area contributed by atoms with Crippen molar-refractivity contribution in [3.8, 4) is 5.75 Å². The van der Waals surface area contributed by atoms with Gasteiger partial charge in [-0.2, -0.15) is 0 Å². The summed E-state index contributed by atoms with van der Waals surface area (Å²) in [5.74, 6) is 0.558. The largest absolute Gasteiger partial charge is 0.499 e. The molecule has 0 bridgehead atoms. The molecule has 1 radical (unpaired) electrons. The standard InChI is InChI=1S/C27H40ClO5.Y/c1-3-5-8-15-25(29)20-12-11-13-21(17-20)33-19-23-22(24(28)18-26(23)30)14-9-6-7-10-16-27(31)32-4-2;/h6,9,11-13,17,22-26,29-30H,2-5,7-8,10,14-16,18-19H2,1H3;/q-1;/b9-6-;/t22-,23-,24-,25?,26-;/m1./s1. The van der Waals surface area contributed by atoms with Crippen LogP contribution in [-0.2, 0) is 42.2 Å². The number of esters is 1. The van der Waals surface area contributed by atoms with Crippen LogP contribution in [0.4, 0.5) is 0 Å². The second-order valence-corrected chi connectivity index (χ2v) is 9.42. The van der Waals surface area contributed by atoms with Crippen LogP contribution in [0.5, 0.6) is 5.75 Å². The molecule has 1 aromatic carbocycles. The Balaban J connectivity index is 0.00000578. The summed E-state index contributed by atoms with van der Waals surface area (Å²) in [6.07, 6.45) is 10.4. The van der Waals surface area contributed by atoms with Crippen LogP contribution in [0.15, 0.2) is 36.4 Å². The Kier molecular flexibility index (Phi) is 16.6. The molecule has 0 aliphatic heterocycles. The average molecular weight is 569 g/mol. The number of rotatable bonds is 15. The van der Waals surface area contributed by atoms with Crippen LogP contribution in [0.2, 0.25) is 0 Å². The number of halogens is 1.